The van der Waals surface area contributed by atoms with E-state index in [0.29, 0.717) is 0 Å². The van der Waals surface area contributed by atoms with E-state index in [1.807, 2.05) is 12.1 Å². The molecular weight excluding hydrogens is 168 g/mol. The van der Waals surface area contributed by atoms with Crippen LogP contribution in [-0.2, 0) is 0 Å². The second-order valence-electron chi connectivity index (χ2n) is 3.38. The van der Waals surface area contributed by atoms with Gasteiger partial charge in [0.25, 0.3) is 0 Å². The summed E-state index contributed by atoms with van der Waals surface area (Å²) in [6, 6.07) is 16.7. The number of hydrogen-bond acceptors (Lipinski definition) is 0. The molecule has 0 heterocycles. The monoisotopic (exact) mass is 182 g/mol. The molecule has 1 aliphatic carbocycles. The van der Waals surface area contributed by atoms with Gasteiger partial charge in [-0.3, -0.25) is 0 Å². The first-order chi connectivity index (χ1) is 6.97. The summed E-state index contributed by atoms with van der Waals surface area (Å²) in [7, 11) is 0. The largest absolute Gasteiger partial charge is 0.0764 e. The SMILES string of the molecule is C1=c2ccccccccc2=CCC1. The number of fused-ring (bicyclic) bond motifs is 1. The van der Waals surface area contributed by atoms with Crippen molar-refractivity contribution in [1.29, 1.82) is 0 Å². The van der Waals surface area contributed by atoms with Crippen LogP contribution >= 0.6 is 0 Å². The van der Waals surface area contributed by atoms with Gasteiger partial charge in [0.1, 0.15) is 0 Å². The van der Waals surface area contributed by atoms with Crippen LogP contribution in [0.4, 0.5) is 0 Å². The zero-order valence-corrected chi connectivity index (χ0v) is 8.19. The van der Waals surface area contributed by atoms with Crippen molar-refractivity contribution in [1.82, 2.24) is 0 Å². The lowest BCUT2D eigenvalue weighted by atomic mass is 10.1. The Morgan fingerprint density at radius 2 is 1.00 bits per heavy atom. The summed E-state index contributed by atoms with van der Waals surface area (Å²) in [6.07, 6.45) is 6.93. The molecule has 0 aliphatic heterocycles. The minimum Gasteiger partial charge on any atom is -0.0764 e. The molecule has 0 unspecified atom stereocenters. The molecule has 1 aromatic rings. The third-order valence-corrected chi connectivity index (χ3v) is 2.34. The molecule has 0 fully saturated rings. The van der Waals surface area contributed by atoms with Crippen LogP contribution in [0.2, 0.25) is 0 Å². The summed E-state index contributed by atoms with van der Waals surface area (Å²) in [5, 5.41) is 2.68. The molecule has 14 heavy (non-hydrogen) atoms. The normalized spacial score (nSPS) is 12.9. The molecule has 0 bridgehead atoms. The fourth-order valence-corrected chi connectivity index (χ4v) is 1.62. The lowest BCUT2D eigenvalue weighted by molar-refractivity contribution is 1.12. The van der Waals surface area contributed by atoms with Crippen molar-refractivity contribution in [2.24, 2.45) is 0 Å². The maximum Gasteiger partial charge on any atom is -0.0227 e. The summed E-state index contributed by atoms with van der Waals surface area (Å²) in [4.78, 5) is 0. The van der Waals surface area contributed by atoms with Crippen LogP contribution in [0.15, 0.2) is 48.5 Å². The number of hydrogen-bond donors (Lipinski definition) is 0. The minimum absolute atomic E-state index is 1.16. The van der Waals surface area contributed by atoms with Crippen molar-refractivity contribution in [2.75, 3.05) is 0 Å². The zero-order valence-electron chi connectivity index (χ0n) is 8.19. The maximum atomic E-state index is 2.30. The third-order valence-electron chi connectivity index (χ3n) is 2.34. The van der Waals surface area contributed by atoms with Crippen molar-refractivity contribution in [3.8, 4) is 0 Å². The van der Waals surface area contributed by atoms with Gasteiger partial charge < -0.3 is 0 Å². The molecule has 0 aromatic heterocycles. The molecule has 0 N–H and O–H groups in total. The van der Waals surface area contributed by atoms with Crippen LogP contribution in [0.25, 0.3) is 12.2 Å². The molecule has 70 valence electrons. The topological polar surface area (TPSA) is 0 Å². The fourth-order valence-electron chi connectivity index (χ4n) is 1.62. The summed E-state index contributed by atoms with van der Waals surface area (Å²) in [5.74, 6) is 0. The number of rotatable bonds is 0. The Labute approximate surface area is 84.5 Å². The highest BCUT2D eigenvalue weighted by Crippen LogP contribution is 1.93. The smallest absolute Gasteiger partial charge is 0.0227 e. The van der Waals surface area contributed by atoms with E-state index in [9.17, 15) is 0 Å². The van der Waals surface area contributed by atoms with E-state index in [4.69, 9.17) is 0 Å². The highest BCUT2D eigenvalue weighted by molar-refractivity contribution is 5.36. The van der Waals surface area contributed by atoms with E-state index < -0.39 is 0 Å². The van der Waals surface area contributed by atoms with Gasteiger partial charge in [0, 0.05) is 0 Å². The second kappa shape index (κ2) is 4.61. The molecular formula is C14H14. The van der Waals surface area contributed by atoms with Gasteiger partial charge in [-0.05, 0) is 23.3 Å². The van der Waals surface area contributed by atoms with Crippen LogP contribution in [0, 0.1) is 0 Å². The van der Waals surface area contributed by atoms with E-state index in [-0.39, 0.29) is 0 Å². The van der Waals surface area contributed by atoms with Crippen LogP contribution < -0.4 is 10.4 Å². The van der Waals surface area contributed by atoms with Crippen molar-refractivity contribution in [3.05, 3.63) is 59.0 Å². The highest BCUT2D eigenvalue weighted by Gasteiger charge is 1.87. The average Bonchev–Trinajstić information content (AvgIpc) is 2.25. The van der Waals surface area contributed by atoms with Gasteiger partial charge in [-0.1, -0.05) is 60.7 Å². The summed E-state index contributed by atoms with van der Waals surface area (Å²) >= 11 is 0. The van der Waals surface area contributed by atoms with Crippen molar-refractivity contribution < 1.29 is 0 Å². The maximum absolute atomic E-state index is 2.30. The van der Waals surface area contributed by atoms with Gasteiger partial charge in [-0.15, -0.1) is 0 Å². The van der Waals surface area contributed by atoms with Gasteiger partial charge in [-0.25, -0.2) is 0 Å². The molecule has 0 nitrogen and oxygen atoms in total. The zero-order chi connectivity index (χ0) is 9.64. The summed E-state index contributed by atoms with van der Waals surface area (Å²) in [5.41, 5.74) is 0. The molecule has 0 atom stereocenters. The third kappa shape index (κ3) is 2.23. The molecule has 0 amide bonds. The lowest BCUT2D eigenvalue weighted by Crippen LogP contribution is -2.24. The Balaban J connectivity index is 2.75. The molecule has 0 heteroatoms. The van der Waals surface area contributed by atoms with Gasteiger partial charge in [0.2, 0.25) is 0 Å². The lowest BCUT2D eigenvalue weighted by Gasteiger charge is -1.95. The Morgan fingerprint density at radius 3 is 1.50 bits per heavy atom. The Bertz CT molecular complexity index is 422. The summed E-state index contributed by atoms with van der Waals surface area (Å²) in [6.45, 7) is 0. The van der Waals surface area contributed by atoms with Gasteiger partial charge in [0.05, 0.1) is 0 Å². The predicted octanol–water partition coefficient (Wildman–Crippen LogP) is 2.17. The van der Waals surface area contributed by atoms with Gasteiger partial charge in [0.15, 0.2) is 0 Å². The molecule has 0 radical (unpaired) electrons. The van der Waals surface area contributed by atoms with Gasteiger partial charge >= 0.3 is 0 Å². The molecule has 0 saturated heterocycles. The van der Waals surface area contributed by atoms with Crippen molar-refractivity contribution >= 4 is 12.2 Å². The Hall–Kier alpha value is -1.56. The van der Waals surface area contributed by atoms with E-state index in [1.54, 1.807) is 0 Å². The fraction of sp³-hybridized carbons (Fsp3) is 0.143. The Kier molecular flexibility index (Phi) is 2.97. The first-order valence-corrected chi connectivity index (χ1v) is 5.05. The second-order valence-corrected chi connectivity index (χ2v) is 3.38. The highest BCUT2D eigenvalue weighted by atomic mass is 13.9. The van der Waals surface area contributed by atoms with E-state index in [2.05, 4.69) is 48.6 Å². The first-order valence-electron chi connectivity index (χ1n) is 5.05. The van der Waals surface area contributed by atoms with Crippen molar-refractivity contribution in [2.45, 2.75) is 12.8 Å². The van der Waals surface area contributed by atoms with Gasteiger partial charge in [-0.2, -0.15) is 0 Å². The van der Waals surface area contributed by atoms with E-state index in [0.717, 1.165) is 12.8 Å². The van der Waals surface area contributed by atoms with Crippen molar-refractivity contribution in [3.63, 3.8) is 0 Å². The van der Waals surface area contributed by atoms with Crippen LogP contribution in [0.1, 0.15) is 12.8 Å². The Morgan fingerprint density at radius 1 is 0.571 bits per heavy atom. The molecule has 0 saturated carbocycles. The molecule has 2 rings (SSSR count). The standard InChI is InChI=1S/C14H14/c1-2-4-6-10-14-12-8-7-11-13(14)9-5-3-1/h1-6,9-12H,7-8H2. The molecule has 1 aliphatic rings. The minimum atomic E-state index is 1.16. The van der Waals surface area contributed by atoms with E-state index in [1.165, 1.54) is 10.4 Å². The van der Waals surface area contributed by atoms with Crippen LogP contribution in [0.5, 0.6) is 0 Å². The quantitative estimate of drug-likeness (QED) is 0.577. The average molecular weight is 182 g/mol. The summed E-state index contributed by atoms with van der Waals surface area (Å²) < 4.78 is 0. The van der Waals surface area contributed by atoms with E-state index >= 15 is 0 Å². The predicted molar refractivity (Wildman–Crippen MR) is 61.5 cm³/mol. The van der Waals surface area contributed by atoms with Crippen LogP contribution in [-0.4, -0.2) is 0 Å². The first kappa shape index (κ1) is 9.01. The molecule has 1 aromatic carbocycles. The van der Waals surface area contributed by atoms with Crippen LogP contribution in [0.3, 0.4) is 0 Å². The molecule has 0 spiro atoms.